The zero-order valence-electron chi connectivity index (χ0n) is 13.2. The van der Waals surface area contributed by atoms with Gasteiger partial charge in [0.05, 0.1) is 5.56 Å². The summed E-state index contributed by atoms with van der Waals surface area (Å²) in [6.45, 7) is 2.60. The molecule has 0 atom stereocenters. The molecular weight excluding hydrogens is 388 g/mol. The summed E-state index contributed by atoms with van der Waals surface area (Å²) < 4.78 is 102. The summed E-state index contributed by atoms with van der Waals surface area (Å²) in [6.07, 6.45) is -4.55. The van der Waals surface area contributed by atoms with Crippen LogP contribution in [0.25, 0.3) is 11.1 Å². The van der Waals surface area contributed by atoms with Gasteiger partial charge in [0.15, 0.2) is 0 Å². The number of hydrogen-bond donors (Lipinski definition) is 0. The van der Waals surface area contributed by atoms with Crippen LogP contribution in [0.2, 0.25) is 0 Å². The van der Waals surface area contributed by atoms with Gasteiger partial charge in [0.1, 0.15) is 0 Å². The van der Waals surface area contributed by atoms with E-state index in [0.717, 1.165) is 18.2 Å². The molecule has 0 aliphatic heterocycles. The van der Waals surface area contributed by atoms with Crippen molar-refractivity contribution in [1.82, 2.24) is 4.98 Å². The topological polar surface area (TPSA) is 56.3 Å². The van der Waals surface area contributed by atoms with Crippen LogP contribution < -0.4 is 4.18 Å². The van der Waals surface area contributed by atoms with E-state index in [-0.39, 0.29) is 22.4 Å². The van der Waals surface area contributed by atoms with E-state index in [1.807, 2.05) is 0 Å². The van der Waals surface area contributed by atoms with Crippen LogP contribution in [0.1, 0.15) is 16.8 Å². The van der Waals surface area contributed by atoms with Gasteiger partial charge in [-0.3, -0.25) is 0 Å². The van der Waals surface area contributed by atoms with Crippen molar-refractivity contribution in [3.05, 3.63) is 47.2 Å². The smallest absolute Gasteiger partial charge is 0.355 e. The second-order valence-electron chi connectivity index (χ2n) is 5.35. The molecule has 0 aliphatic rings. The van der Waals surface area contributed by atoms with Crippen LogP contribution >= 0.6 is 0 Å². The van der Waals surface area contributed by atoms with Crippen molar-refractivity contribution >= 4 is 10.1 Å². The van der Waals surface area contributed by atoms with Crippen molar-refractivity contribution in [3.63, 3.8) is 0 Å². The molecule has 0 saturated heterocycles. The largest absolute Gasteiger partial charge is 0.534 e. The standard InChI is InChI=1S/C15H11F6NO3S/c1-8-5-10(3-4-12(8)14(16,17)18)11-6-9(2)22-13(7-11)25-26(23,24)15(19,20)21/h3-7H,1-2H3. The molecule has 0 bridgehead atoms. The molecule has 26 heavy (non-hydrogen) atoms. The normalized spacial score (nSPS) is 12.9. The molecule has 1 aromatic carbocycles. The maximum absolute atomic E-state index is 12.8. The molecule has 0 amide bonds. The molecule has 142 valence electrons. The lowest BCUT2D eigenvalue weighted by molar-refractivity contribution is -0.138. The molecule has 2 aromatic rings. The molecule has 0 N–H and O–H groups in total. The Morgan fingerprint density at radius 2 is 1.54 bits per heavy atom. The van der Waals surface area contributed by atoms with E-state index in [1.165, 1.54) is 26.0 Å². The maximum atomic E-state index is 12.8. The highest BCUT2D eigenvalue weighted by Gasteiger charge is 2.48. The van der Waals surface area contributed by atoms with Crippen molar-refractivity contribution in [3.8, 4) is 17.0 Å². The third-order valence-electron chi connectivity index (χ3n) is 3.27. The zero-order chi connectivity index (χ0) is 19.9. The van der Waals surface area contributed by atoms with Gasteiger partial charge in [-0.1, -0.05) is 12.1 Å². The first-order chi connectivity index (χ1) is 11.7. The third-order valence-corrected chi connectivity index (χ3v) is 4.23. The van der Waals surface area contributed by atoms with E-state index in [9.17, 15) is 34.8 Å². The van der Waals surface area contributed by atoms with Gasteiger partial charge in [-0.15, -0.1) is 0 Å². The first-order valence-electron chi connectivity index (χ1n) is 6.88. The highest BCUT2D eigenvalue weighted by atomic mass is 32.2. The molecule has 0 fully saturated rings. The number of aromatic nitrogens is 1. The first-order valence-corrected chi connectivity index (χ1v) is 8.29. The van der Waals surface area contributed by atoms with E-state index < -0.39 is 33.2 Å². The minimum Gasteiger partial charge on any atom is -0.355 e. The summed E-state index contributed by atoms with van der Waals surface area (Å²) >= 11 is 0. The summed E-state index contributed by atoms with van der Waals surface area (Å²) in [6, 6.07) is 5.40. The van der Waals surface area contributed by atoms with E-state index in [2.05, 4.69) is 9.17 Å². The Balaban J connectivity index is 2.47. The molecular formula is C15H11F6NO3S. The van der Waals surface area contributed by atoms with Crippen molar-refractivity contribution in [2.45, 2.75) is 25.5 Å². The number of pyridine rings is 1. The van der Waals surface area contributed by atoms with Crippen LogP contribution in [0.5, 0.6) is 5.88 Å². The molecule has 1 heterocycles. The van der Waals surface area contributed by atoms with Gasteiger partial charge in [-0.05, 0) is 42.7 Å². The Morgan fingerprint density at radius 3 is 2.04 bits per heavy atom. The van der Waals surface area contributed by atoms with Crippen molar-refractivity contribution in [2.24, 2.45) is 0 Å². The molecule has 1 aromatic heterocycles. The van der Waals surface area contributed by atoms with Gasteiger partial charge in [0.25, 0.3) is 0 Å². The van der Waals surface area contributed by atoms with E-state index in [0.29, 0.717) is 0 Å². The molecule has 11 heteroatoms. The highest BCUT2D eigenvalue weighted by molar-refractivity contribution is 7.87. The highest BCUT2D eigenvalue weighted by Crippen LogP contribution is 2.35. The zero-order valence-corrected chi connectivity index (χ0v) is 14.1. The quantitative estimate of drug-likeness (QED) is 0.430. The average Bonchev–Trinajstić information content (AvgIpc) is 2.43. The summed E-state index contributed by atoms with van der Waals surface area (Å²) in [4.78, 5) is 3.56. The van der Waals surface area contributed by atoms with Gasteiger partial charge in [0, 0.05) is 11.8 Å². The Labute approximate surface area is 144 Å². The minimum atomic E-state index is -5.91. The SMILES string of the molecule is Cc1cc(-c2ccc(C(F)(F)F)c(C)c2)cc(OS(=O)(=O)C(F)(F)F)n1. The number of halogens is 6. The summed E-state index contributed by atoms with van der Waals surface area (Å²) in [5.74, 6) is -0.838. The predicted molar refractivity (Wildman–Crippen MR) is 79.8 cm³/mol. The number of alkyl halides is 6. The number of benzene rings is 1. The van der Waals surface area contributed by atoms with Gasteiger partial charge in [-0.25, -0.2) is 4.98 Å². The van der Waals surface area contributed by atoms with E-state index in [4.69, 9.17) is 0 Å². The van der Waals surface area contributed by atoms with Gasteiger partial charge >= 0.3 is 21.8 Å². The third kappa shape index (κ3) is 4.26. The van der Waals surface area contributed by atoms with Gasteiger partial charge in [-0.2, -0.15) is 34.8 Å². The fourth-order valence-corrected chi connectivity index (χ4v) is 2.57. The van der Waals surface area contributed by atoms with Crippen LogP contribution in [0.3, 0.4) is 0 Å². The van der Waals surface area contributed by atoms with E-state index in [1.54, 1.807) is 0 Å². The Kier molecular flexibility index (Phi) is 4.97. The van der Waals surface area contributed by atoms with Crippen molar-refractivity contribution < 1.29 is 38.9 Å². The Morgan fingerprint density at radius 1 is 0.923 bits per heavy atom. The average molecular weight is 399 g/mol. The molecule has 0 spiro atoms. The molecule has 4 nitrogen and oxygen atoms in total. The van der Waals surface area contributed by atoms with Crippen molar-refractivity contribution in [2.75, 3.05) is 0 Å². The fourth-order valence-electron chi connectivity index (χ4n) is 2.17. The number of hydrogen-bond acceptors (Lipinski definition) is 4. The lowest BCUT2D eigenvalue weighted by atomic mass is 10.00. The number of rotatable bonds is 3. The first kappa shape index (κ1) is 20.0. The second-order valence-corrected chi connectivity index (χ2v) is 6.88. The van der Waals surface area contributed by atoms with Crippen LogP contribution in [0, 0.1) is 13.8 Å². The summed E-state index contributed by atoms with van der Waals surface area (Å²) in [5, 5.41) is 0. The molecule has 0 radical (unpaired) electrons. The van der Waals surface area contributed by atoms with Crippen LogP contribution in [0.4, 0.5) is 26.3 Å². The molecule has 0 aliphatic carbocycles. The summed E-state index contributed by atoms with van der Waals surface area (Å²) in [5.41, 5.74) is -6.09. The number of nitrogens with zero attached hydrogens (tertiary/aromatic N) is 1. The van der Waals surface area contributed by atoms with Gasteiger partial charge < -0.3 is 4.18 Å². The number of aryl methyl sites for hydroxylation is 2. The molecule has 2 rings (SSSR count). The fraction of sp³-hybridized carbons (Fsp3) is 0.267. The predicted octanol–water partition coefficient (Wildman–Crippen LogP) is 4.61. The van der Waals surface area contributed by atoms with Crippen LogP contribution in [-0.4, -0.2) is 18.9 Å². The van der Waals surface area contributed by atoms with Crippen molar-refractivity contribution in [1.29, 1.82) is 0 Å². The molecule has 0 unspecified atom stereocenters. The van der Waals surface area contributed by atoms with E-state index >= 15 is 0 Å². The molecule has 0 saturated carbocycles. The minimum absolute atomic E-state index is 0.102. The Hall–Kier alpha value is -2.30. The van der Waals surface area contributed by atoms with Crippen LogP contribution in [-0.2, 0) is 16.3 Å². The lowest BCUT2D eigenvalue weighted by Gasteiger charge is -2.13. The second kappa shape index (κ2) is 6.45. The Bertz CT molecular complexity index is 935. The maximum Gasteiger partial charge on any atom is 0.534 e. The summed E-state index contributed by atoms with van der Waals surface area (Å²) in [7, 11) is -5.91. The monoisotopic (exact) mass is 399 g/mol. The van der Waals surface area contributed by atoms with Gasteiger partial charge in [0.2, 0.25) is 5.88 Å². The lowest BCUT2D eigenvalue weighted by Crippen LogP contribution is -2.28. The van der Waals surface area contributed by atoms with Crippen LogP contribution in [0.15, 0.2) is 30.3 Å².